The third kappa shape index (κ3) is 5.77. The van der Waals surface area contributed by atoms with Crippen LogP contribution in [-0.2, 0) is 32.4 Å². The standard InChI is InChI=1S/C18H33N3O4S/c1-14-10-20(11-15(2)25-14)12-16-9-19-17(21(16)7-8-24-6)26(22,23)13-18(3,4)5/h9,14-15H,7-8,10-13H2,1-6H3/t14-,15+. The van der Waals surface area contributed by atoms with Gasteiger partial charge >= 0.3 is 0 Å². The largest absolute Gasteiger partial charge is 0.383 e. The van der Waals surface area contributed by atoms with Crippen molar-refractivity contribution in [3.05, 3.63) is 11.9 Å². The Morgan fingerprint density at radius 2 is 1.88 bits per heavy atom. The zero-order valence-corrected chi connectivity index (χ0v) is 17.7. The summed E-state index contributed by atoms with van der Waals surface area (Å²) >= 11 is 0. The van der Waals surface area contributed by atoms with Gasteiger partial charge in [0, 0.05) is 33.3 Å². The van der Waals surface area contributed by atoms with E-state index in [-0.39, 0.29) is 28.5 Å². The van der Waals surface area contributed by atoms with E-state index in [1.807, 2.05) is 20.8 Å². The third-order valence-electron chi connectivity index (χ3n) is 4.20. The topological polar surface area (TPSA) is 73.7 Å². The third-order valence-corrected chi connectivity index (χ3v) is 6.33. The summed E-state index contributed by atoms with van der Waals surface area (Å²) in [4.78, 5) is 6.58. The first-order chi connectivity index (χ1) is 12.0. The van der Waals surface area contributed by atoms with Crippen molar-refractivity contribution in [2.45, 2.75) is 65.1 Å². The lowest BCUT2D eigenvalue weighted by Crippen LogP contribution is -2.45. The average molecular weight is 388 g/mol. The fourth-order valence-corrected chi connectivity index (χ4v) is 5.49. The van der Waals surface area contributed by atoms with E-state index in [1.54, 1.807) is 17.9 Å². The van der Waals surface area contributed by atoms with Crippen LogP contribution in [0.5, 0.6) is 0 Å². The Hall–Kier alpha value is -0.960. The zero-order chi connectivity index (χ0) is 19.5. The molecule has 0 radical (unpaired) electrons. The number of ether oxygens (including phenoxy) is 2. The summed E-state index contributed by atoms with van der Waals surface area (Å²) in [6.45, 7) is 13.1. The van der Waals surface area contributed by atoms with Crippen molar-refractivity contribution in [2.24, 2.45) is 5.41 Å². The molecule has 0 amide bonds. The van der Waals surface area contributed by atoms with Gasteiger partial charge in [0.1, 0.15) is 0 Å². The number of hydrogen-bond acceptors (Lipinski definition) is 6. The van der Waals surface area contributed by atoms with Crippen molar-refractivity contribution in [1.82, 2.24) is 14.5 Å². The second-order valence-electron chi connectivity index (χ2n) is 8.45. The highest BCUT2D eigenvalue weighted by Crippen LogP contribution is 2.23. The van der Waals surface area contributed by atoms with Crippen LogP contribution >= 0.6 is 0 Å². The van der Waals surface area contributed by atoms with E-state index >= 15 is 0 Å². The SMILES string of the molecule is COCCn1c(CN2C[C@@H](C)O[C@@H](C)C2)cnc1S(=O)(=O)CC(C)(C)C. The minimum atomic E-state index is -3.47. The van der Waals surface area contributed by atoms with Gasteiger partial charge in [-0.2, -0.15) is 0 Å². The molecule has 0 saturated carbocycles. The van der Waals surface area contributed by atoms with Gasteiger partial charge < -0.3 is 14.0 Å². The molecule has 150 valence electrons. The highest BCUT2D eigenvalue weighted by atomic mass is 32.2. The van der Waals surface area contributed by atoms with Crippen LogP contribution in [0.4, 0.5) is 0 Å². The lowest BCUT2D eigenvalue weighted by molar-refractivity contribution is -0.0710. The Kier molecular flexibility index (Phi) is 6.87. The number of methoxy groups -OCH3 is 1. The van der Waals surface area contributed by atoms with E-state index in [2.05, 4.69) is 23.7 Å². The lowest BCUT2D eigenvalue weighted by atomic mass is 10.0. The summed E-state index contributed by atoms with van der Waals surface area (Å²) in [7, 11) is -1.85. The van der Waals surface area contributed by atoms with Crippen LogP contribution < -0.4 is 0 Å². The van der Waals surface area contributed by atoms with Crippen molar-refractivity contribution < 1.29 is 17.9 Å². The smallest absolute Gasteiger partial charge is 0.227 e. The fraction of sp³-hybridized carbons (Fsp3) is 0.833. The van der Waals surface area contributed by atoms with Gasteiger partial charge in [-0.15, -0.1) is 0 Å². The van der Waals surface area contributed by atoms with Gasteiger partial charge in [-0.3, -0.25) is 4.90 Å². The molecule has 1 aromatic heterocycles. The summed E-state index contributed by atoms with van der Waals surface area (Å²) < 4.78 is 38.5. The van der Waals surface area contributed by atoms with E-state index < -0.39 is 9.84 Å². The Balaban J connectivity index is 2.28. The van der Waals surface area contributed by atoms with Crippen LogP contribution in [0, 0.1) is 5.41 Å². The fourth-order valence-electron chi connectivity index (χ4n) is 3.47. The number of nitrogens with zero attached hydrogens (tertiary/aromatic N) is 3. The maximum Gasteiger partial charge on any atom is 0.227 e. The Labute approximate surface area is 157 Å². The molecule has 1 saturated heterocycles. The van der Waals surface area contributed by atoms with Crippen molar-refractivity contribution >= 4 is 9.84 Å². The molecule has 1 aliphatic rings. The van der Waals surface area contributed by atoms with E-state index in [0.717, 1.165) is 18.8 Å². The molecule has 1 aliphatic heterocycles. The minimum absolute atomic E-state index is 0.0645. The quantitative estimate of drug-likeness (QED) is 0.712. The molecule has 0 aromatic carbocycles. The molecule has 0 N–H and O–H groups in total. The molecular formula is C18H33N3O4S. The molecule has 2 atom stereocenters. The van der Waals surface area contributed by atoms with E-state index in [4.69, 9.17) is 9.47 Å². The van der Waals surface area contributed by atoms with Crippen LogP contribution in [0.1, 0.15) is 40.3 Å². The molecule has 0 spiro atoms. The summed E-state index contributed by atoms with van der Waals surface area (Å²) in [6.07, 6.45) is 2.02. The molecule has 1 fully saturated rings. The van der Waals surface area contributed by atoms with Crippen LogP contribution in [0.15, 0.2) is 11.4 Å². The number of imidazole rings is 1. The van der Waals surface area contributed by atoms with Crippen molar-refractivity contribution in [3.63, 3.8) is 0 Å². The molecule has 1 aromatic rings. The zero-order valence-electron chi connectivity index (χ0n) is 16.9. The van der Waals surface area contributed by atoms with Crippen molar-refractivity contribution in [3.8, 4) is 0 Å². The maximum atomic E-state index is 12.9. The molecule has 2 heterocycles. The van der Waals surface area contributed by atoms with Crippen LogP contribution in [0.2, 0.25) is 0 Å². The minimum Gasteiger partial charge on any atom is -0.383 e. The molecule has 26 heavy (non-hydrogen) atoms. The van der Waals surface area contributed by atoms with E-state index in [0.29, 0.717) is 19.7 Å². The van der Waals surface area contributed by atoms with Gasteiger partial charge in [-0.1, -0.05) is 20.8 Å². The van der Waals surface area contributed by atoms with Gasteiger partial charge in [0.25, 0.3) is 0 Å². The number of hydrogen-bond donors (Lipinski definition) is 0. The van der Waals surface area contributed by atoms with Crippen LogP contribution in [0.3, 0.4) is 0 Å². The number of sulfone groups is 1. The number of aromatic nitrogens is 2. The summed E-state index contributed by atoms with van der Waals surface area (Å²) in [5.74, 6) is 0.0645. The van der Waals surface area contributed by atoms with Gasteiger partial charge in [0.2, 0.25) is 15.0 Å². The first kappa shape index (κ1) is 21.3. The summed E-state index contributed by atoms with van der Waals surface area (Å²) in [6, 6.07) is 0. The number of rotatable bonds is 7. The highest BCUT2D eigenvalue weighted by Gasteiger charge is 2.30. The second kappa shape index (κ2) is 8.37. The Morgan fingerprint density at radius 3 is 2.42 bits per heavy atom. The first-order valence-electron chi connectivity index (χ1n) is 9.16. The molecular weight excluding hydrogens is 354 g/mol. The highest BCUT2D eigenvalue weighted by molar-refractivity contribution is 7.91. The van der Waals surface area contributed by atoms with Gasteiger partial charge in [-0.25, -0.2) is 13.4 Å². The maximum absolute atomic E-state index is 12.9. The Morgan fingerprint density at radius 1 is 1.27 bits per heavy atom. The molecule has 0 bridgehead atoms. The molecule has 0 unspecified atom stereocenters. The summed E-state index contributed by atoms with van der Waals surface area (Å²) in [5.41, 5.74) is 0.572. The van der Waals surface area contributed by atoms with Gasteiger partial charge in [-0.05, 0) is 19.3 Å². The predicted molar refractivity (Wildman–Crippen MR) is 101 cm³/mol. The van der Waals surface area contributed by atoms with Crippen LogP contribution in [0.25, 0.3) is 0 Å². The van der Waals surface area contributed by atoms with Crippen molar-refractivity contribution in [1.29, 1.82) is 0 Å². The predicted octanol–water partition coefficient (Wildman–Crippen LogP) is 1.96. The molecule has 2 rings (SSSR count). The monoisotopic (exact) mass is 387 g/mol. The Bertz CT molecular complexity index is 684. The average Bonchev–Trinajstić information content (AvgIpc) is 2.85. The second-order valence-corrected chi connectivity index (χ2v) is 10.3. The molecule has 7 nitrogen and oxygen atoms in total. The van der Waals surface area contributed by atoms with E-state index in [1.165, 1.54) is 0 Å². The first-order valence-corrected chi connectivity index (χ1v) is 10.8. The van der Waals surface area contributed by atoms with E-state index in [9.17, 15) is 8.42 Å². The summed E-state index contributed by atoms with van der Waals surface area (Å²) in [5, 5.41) is 0.147. The number of morpholine rings is 1. The molecule has 8 heteroatoms. The van der Waals surface area contributed by atoms with Crippen LogP contribution in [-0.4, -0.2) is 67.6 Å². The normalized spacial score (nSPS) is 22.7. The van der Waals surface area contributed by atoms with Gasteiger partial charge in [0.15, 0.2) is 0 Å². The molecule has 0 aliphatic carbocycles. The van der Waals surface area contributed by atoms with Crippen molar-refractivity contribution in [2.75, 3.05) is 32.6 Å². The van der Waals surface area contributed by atoms with Gasteiger partial charge in [0.05, 0.1) is 36.5 Å². The lowest BCUT2D eigenvalue weighted by Gasteiger charge is -2.35.